The summed E-state index contributed by atoms with van der Waals surface area (Å²) in [7, 11) is 1.66. The molecular weight excluding hydrogens is 228 g/mol. The zero-order valence-corrected chi connectivity index (χ0v) is 10.9. The first-order valence-corrected chi connectivity index (χ1v) is 6.52. The normalized spacial score (nSPS) is 23.4. The second-order valence-electron chi connectivity index (χ2n) is 5.05. The Bertz CT molecular complexity index is 410. The standard InChI is InChI=1S/C15H20O3/c1-3-10(8-12-9-14(12)15(16)17)11-4-6-13(18-2)7-5-11/h4-7,10,12,14H,3,8-9H2,1-2H3,(H,16,17). The molecule has 1 aromatic carbocycles. The summed E-state index contributed by atoms with van der Waals surface area (Å²) in [5, 5.41) is 8.93. The van der Waals surface area contributed by atoms with Crippen molar-refractivity contribution in [1.82, 2.24) is 0 Å². The molecule has 1 N–H and O–H groups in total. The molecule has 1 aliphatic rings. The number of hydrogen-bond donors (Lipinski definition) is 1. The van der Waals surface area contributed by atoms with Gasteiger partial charge in [0.1, 0.15) is 5.75 Å². The third kappa shape index (κ3) is 2.84. The van der Waals surface area contributed by atoms with Crippen molar-refractivity contribution in [2.24, 2.45) is 11.8 Å². The van der Waals surface area contributed by atoms with Crippen LogP contribution in [0.5, 0.6) is 5.75 Å². The largest absolute Gasteiger partial charge is 0.497 e. The fraction of sp³-hybridized carbons (Fsp3) is 0.533. The summed E-state index contributed by atoms with van der Waals surface area (Å²) in [6.45, 7) is 2.16. The Morgan fingerprint density at radius 2 is 2.11 bits per heavy atom. The van der Waals surface area contributed by atoms with Gasteiger partial charge in [-0.1, -0.05) is 19.1 Å². The first-order valence-electron chi connectivity index (χ1n) is 6.52. The van der Waals surface area contributed by atoms with Crippen molar-refractivity contribution in [3.8, 4) is 5.75 Å². The first kappa shape index (κ1) is 12.9. The molecule has 98 valence electrons. The van der Waals surface area contributed by atoms with E-state index in [-0.39, 0.29) is 5.92 Å². The molecule has 1 aliphatic carbocycles. The molecule has 1 fully saturated rings. The molecule has 2 rings (SSSR count). The zero-order chi connectivity index (χ0) is 13.1. The van der Waals surface area contributed by atoms with Gasteiger partial charge in [0.2, 0.25) is 0 Å². The third-order valence-electron chi connectivity index (χ3n) is 3.91. The van der Waals surface area contributed by atoms with E-state index in [2.05, 4.69) is 19.1 Å². The van der Waals surface area contributed by atoms with Crippen LogP contribution in [-0.2, 0) is 4.79 Å². The van der Waals surface area contributed by atoms with E-state index in [4.69, 9.17) is 9.84 Å². The van der Waals surface area contributed by atoms with Crippen molar-refractivity contribution in [2.75, 3.05) is 7.11 Å². The Balaban J connectivity index is 1.98. The molecule has 0 saturated heterocycles. The number of ether oxygens (including phenoxy) is 1. The van der Waals surface area contributed by atoms with Crippen LogP contribution in [0, 0.1) is 11.8 Å². The predicted molar refractivity (Wildman–Crippen MR) is 69.9 cm³/mol. The molecule has 0 radical (unpaired) electrons. The number of benzene rings is 1. The molecule has 0 heterocycles. The maximum atomic E-state index is 10.8. The minimum absolute atomic E-state index is 0.0997. The number of aliphatic carboxylic acids is 1. The third-order valence-corrected chi connectivity index (χ3v) is 3.91. The van der Waals surface area contributed by atoms with Crippen LogP contribution in [0.25, 0.3) is 0 Å². The van der Waals surface area contributed by atoms with Gasteiger partial charge in [-0.15, -0.1) is 0 Å². The van der Waals surface area contributed by atoms with Crippen LogP contribution >= 0.6 is 0 Å². The quantitative estimate of drug-likeness (QED) is 0.840. The molecule has 0 bridgehead atoms. The van der Waals surface area contributed by atoms with E-state index in [1.54, 1.807) is 7.11 Å². The molecule has 0 aromatic heterocycles. The second kappa shape index (κ2) is 5.42. The number of methoxy groups -OCH3 is 1. The van der Waals surface area contributed by atoms with Crippen LogP contribution in [0.4, 0.5) is 0 Å². The predicted octanol–water partition coefficient (Wildman–Crippen LogP) is 3.30. The van der Waals surface area contributed by atoms with Crippen molar-refractivity contribution in [3.63, 3.8) is 0 Å². The SMILES string of the molecule is CCC(CC1CC1C(=O)O)c1ccc(OC)cc1. The average Bonchev–Trinajstić information content (AvgIpc) is 3.16. The van der Waals surface area contributed by atoms with Crippen LogP contribution < -0.4 is 4.74 Å². The summed E-state index contributed by atoms with van der Waals surface area (Å²) < 4.78 is 5.15. The van der Waals surface area contributed by atoms with E-state index < -0.39 is 5.97 Å². The van der Waals surface area contributed by atoms with Crippen molar-refractivity contribution < 1.29 is 14.6 Å². The summed E-state index contributed by atoms with van der Waals surface area (Å²) in [5.74, 6) is 0.963. The monoisotopic (exact) mass is 248 g/mol. The van der Waals surface area contributed by atoms with Crippen LogP contribution in [0.1, 0.15) is 37.7 Å². The highest BCUT2D eigenvalue weighted by Crippen LogP contribution is 2.46. The van der Waals surface area contributed by atoms with Crippen LogP contribution in [0.3, 0.4) is 0 Å². The van der Waals surface area contributed by atoms with E-state index in [1.165, 1.54) is 5.56 Å². The number of carboxylic acid groups (broad SMARTS) is 1. The molecule has 0 amide bonds. The fourth-order valence-corrected chi connectivity index (χ4v) is 2.59. The lowest BCUT2D eigenvalue weighted by atomic mass is 9.90. The Labute approximate surface area is 108 Å². The lowest BCUT2D eigenvalue weighted by Crippen LogP contribution is -2.04. The Kier molecular flexibility index (Phi) is 3.90. The smallest absolute Gasteiger partial charge is 0.306 e. The summed E-state index contributed by atoms with van der Waals surface area (Å²) >= 11 is 0. The fourth-order valence-electron chi connectivity index (χ4n) is 2.59. The van der Waals surface area contributed by atoms with E-state index in [0.29, 0.717) is 11.8 Å². The Morgan fingerprint density at radius 1 is 1.44 bits per heavy atom. The number of carboxylic acids is 1. The van der Waals surface area contributed by atoms with Gasteiger partial charge in [-0.25, -0.2) is 0 Å². The first-order chi connectivity index (χ1) is 8.65. The van der Waals surface area contributed by atoms with Gasteiger partial charge in [0.25, 0.3) is 0 Å². The van der Waals surface area contributed by atoms with Gasteiger partial charge < -0.3 is 9.84 Å². The molecule has 3 unspecified atom stereocenters. The van der Waals surface area contributed by atoms with Crippen LogP contribution in [0.15, 0.2) is 24.3 Å². The summed E-state index contributed by atoms with van der Waals surface area (Å²) in [4.78, 5) is 10.8. The minimum atomic E-state index is -0.635. The highest BCUT2D eigenvalue weighted by atomic mass is 16.5. The maximum Gasteiger partial charge on any atom is 0.306 e. The van der Waals surface area contributed by atoms with Crippen LogP contribution in [-0.4, -0.2) is 18.2 Å². The van der Waals surface area contributed by atoms with Crippen molar-refractivity contribution in [1.29, 1.82) is 0 Å². The molecule has 18 heavy (non-hydrogen) atoms. The second-order valence-corrected chi connectivity index (χ2v) is 5.05. The topological polar surface area (TPSA) is 46.5 Å². The number of rotatable bonds is 6. The van der Waals surface area contributed by atoms with Gasteiger partial charge in [-0.2, -0.15) is 0 Å². The van der Waals surface area contributed by atoms with Gasteiger partial charge >= 0.3 is 5.97 Å². The van der Waals surface area contributed by atoms with Crippen molar-refractivity contribution in [3.05, 3.63) is 29.8 Å². The molecule has 1 saturated carbocycles. The summed E-state index contributed by atoms with van der Waals surface area (Å²) in [6.07, 6.45) is 2.89. The highest BCUT2D eigenvalue weighted by molar-refractivity contribution is 5.73. The van der Waals surface area contributed by atoms with Gasteiger partial charge in [0.15, 0.2) is 0 Å². The molecule has 1 aromatic rings. The van der Waals surface area contributed by atoms with Crippen LogP contribution in [0.2, 0.25) is 0 Å². The molecule has 3 atom stereocenters. The molecular formula is C15H20O3. The summed E-state index contributed by atoms with van der Waals surface area (Å²) in [6, 6.07) is 8.12. The van der Waals surface area contributed by atoms with Gasteiger partial charge in [-0.3, -0.25) is 4.79 Å². The Morgan fingerprint density at radius 3 is 2.56 bits per heavy atom. The molecule has 3 heteroatoms. The van der Waals surface area contributed by atoms with Gasteiger partial charge in [0.05, 0.1) is 13.0 Å². The lowest BCUT2D eigenvalue weighted by molar-refractivity contribution is -0.138. The Hall–Kier alpha value is -1.51. The number of carbonyl (C=O) groups is 1. The highest BCUT2D eigenvalue weighted by Gasteiger charge is 2.43. The lowest BCUT2D eigenvalue weighted by Gasteiger charge is -2.15. The van der Waals surface area contributed by atoms with Gasteiger partial charge in [0, 0.05) is 0 Å². The van der Waals surface area contributed by atoms with Crippen molar-refractivity contribution >= 4 is 5.97 Å². The van der Waals surface area contributed by atoms with E-state index in [1.807, 2.05) is 12.1 Å². The zero-order valence-electron chi connectivity index (χ0n) is 10.9. The minimum Gasteiger partial charge on any atom is -0.497 e. The molecule has 0 spiro atoms. The maximum absolute atomic E-state index is 10.8. The van der Waals surface area contributed by atoms with E-state index in [0.717, 1.165) is 25.0 Å². The van der Waals surface area contributed by atoms with E-state index in [9.17, 15) is 4.79 Å². The van der Waals surface area contributed by atoms with E-state index >= 15 is 0 Å². The molecule has 0 aliphatic heterocycles. The molecule has 3 nitrogen and oxygen atoms in total. The summed E-state index contributed by atoms with van der Waals surface area (Å²) in [5.41, 5.74) is 1.29. The van der Waals surface area contributed by atoms with Gasteiger partial charge in [-0.05, 0) is 48.8 Å². The van der Waals surface area contributed by atoms with Crippen molar-refractivity contribution in [2.45, 2.75) is 32.1 Å². The number of hydrogen-bond acceptors (Lipinski definition) is 2. The average molecular weight is 248 g/mol.